The first-order valence-electron chi connectivity index (χ1n) is 11.8. The summed E-state index contributed by atoms with van der Waals surface area (Å²) < 4.78 is 0. The lowest BCUT2D eigenvalue weighted by Gasteiger charge is -2.32. The molecule has 2 aliphatic rings. The van der Waals surface area contributed by atoms with Crippen molar-refractivity contribution < 1.29 is 9.59 Å². The van der Waals surface area contributed by atoms with E-state index in [-0.39, 0.29) is 18.2 Å². The molecule has 0 unspecified atom stereocenters. The topological polar surface area (TPSA) is 55.9 Å². The predicted octanol–water partition coefficient (Wildman–Crippen LogP) is 4.71. The normalized spacial score (nSPS) is 19.7. The largest absolute Gasteiger partial charge is 0.335 e. The number of halogens is 1. The highest BCUT2D eigenvalue weighted by molar-refractivity contribution is 7.80. The quantitative estimate of drug-likeness (QED) is 0.560. The zero-order chi connectivity index (χ0) is 24.2. The van der Waals surface area contributed by atoms with Crippen LogP contribution in [0.25, 0.3) is 0 Å². The molecule has 0 saturated carbocycles. The van der Waals surface area contributed by atoms with Gasteiger partial charge in [-0.05, 0) is 87.4 Å². The van der Waals surface area contributed by atoms with Gasteiger partial charge in [-0.3, -0.25) is 14.5 Å². The Morgan fingerprint density at radius 3 is 2.35 bits per heavy atom. The van der Waals surface area contributed by atoms with Crippen LogP contribution in [0.15, 0.2) is 48.5 Å². The number of anilines is 2. The van der Waals surface area contributed by atoms with Gasteiger partial charge in [0.2, 0.25) is 5.91 Å². The maximum absolute atomic E-state index is 13.5. The molecular weight excluding hydrogens is 468 g/mol. The van der Waals surface area contributed by atoms with Crippen molar-refractivity contribution in [1.29, 1.82) is 0 Å². The molecule has 0 radical (unpaired) electrons. The van der Waals surface area contributed by atoms with E-state index in [1.807, 2.05) is 36.1 Å². The molecule has 2 aromatic carbocycles. The molecule has 0 bridgehead atoms. The molecule has 1 atom stereocenters. The fraction of sp³-hybridized carbons (Fsp3) is 0.423. The minimum atomic E-state index is -0.634. The number of aryl methyl sites for hydroxylation is 1. The first-order chi connectivity index (χ1) is 16.3. The van der Waals surface area contributed by atoms with Gasteiger partial charge in [-0.15, -0.1) is 0 Å². The Labute approximate surface area is 211 Å². The number of carbonyl (C=O) groups excluding carboxylic acids is 2. The van der Waals surface area contributed by atoms with Gasteiger partial charge in [0.25, 0.3) is 5.91 Å². The number of hydrogen-bond donors (Lipinski definition) is 1. The lowest BCUT2D eigenvalue weighted by Crippen LogP contribution is -2.44. The third kappa shape index (κ3) is 5.77. The maximum atomic E-state index is 13.5. The van der Waals surface area contributed by atoms with Crippen LogP contribution >= 0.6 is 23.8 Å². The van der Waals surface area contributed by atoms with Gasteiger partial charge in [-0.2, -0.15) is 0 Å². The summed E-state index contributed by atoms with van der Waals surface area (Å²) in [6, 6.07) is 14.0. The third-order valence-electron chi connectivity index (χ3n) is 6.65. The zero-order valence-electron chi connectivity index (χ0n) is 19.7. The van der Waals surface area contributed by atoms with E-state index in [0.29, 0.717) is 22.4 Å². The summed E-state index contributed by atoms with van der Waals surface area (Å²) in [5.74, 6) is 0.366. The van der Waals surface area contributed by atoms with Gasteiger partial charge in [-0.1, -0.05) is 36.2 Å². The van der Waals surface area contributed by atoms with Crippen molar-refractivity contribution >= 4 is 52.1 Å². The third-order valence-corrected chi connectivity index (χ3v) is 7.32. The van der Waals surface area contributed by atoms with E-state index in [1.54, 1.807) is 29.2 Å². The van der Waals surface area contributed by atoms with Crippen LogP contribution in [0.3, 0.4) is 0 Å². The standard InChI is InChI=1S/C26H31ClN4O2S/c1-18-3-9-22(10-4-18)31-25(33)23(17-24(32)28-21-7-5-20(27)6-8-21)30(26(31)34)16-15-29-13-11-19(2)12-14-29/h3-10,19,23H,11-17H2,1-2H3,(H,28,32)/t23-/m1/s1. The second-order valence-electron chi connectivity index (χ2n) is 9.28. The second-order valence-corrected chi connectivity index (χ2v) is 10.1. The molecule has 2 fully saturated rings. The molecule has 8 heteroatoms. The summed E-state index contributed by atoms with van der Waals surface area (Å²) in [6.45, 7) is 7.83. The zero-order valence-corrected chi connectivity index (χ0v) is 21.2. The van der Waals surface area contributed by atoms with Crippen LogP contribution in [0, 0.1) is 12.8 Å². The van der Waals surface area contributed by atoms with Gasteiger partial charge < -0.3 is 15.1 Å². The molecule has 2 aliphatic heterocycles. The van der Waals surface area contributed by atoms with Crippen molar-refractivity contribution in [2.75, 3.05) is 36.4 Å². The Morgan fingerprint density at radius 2 is 1.71 bits per heavy atom. The van der Waals surface area contributed by atoms with Crippen molar-refractivity contribution in [3.05, 3.63) is 59.1 Å². The minimum Gasteiger partial charge on any atom is -0.335 e. The monoisotopic (exact) mass is 498 g/mol. The molecule has 6 nitrogen and oxygen atoms in total. The highest BCUT2D eigenvalue weighted by Crippen LogP contribution is 2.28. The Morgan fingerprint density at radius 1 is 1.06 bits per heavy atom. The number of piperidine rings is 1. The molecule has 2 aromatic rings. The van der Waals surface area contributed by atoms with Gasteiger partial charge in [0.05, 0.1) is 12.1 Å². The molecule has 0 spiro atoms. The second kappa shape index (κ2) is 10.8. The van der Waals surface area contributed by atoms with Crippen molar-refractivity contribution in [3.63, 3.8) is 0 Å². The van der Waals surface area contributed by atoms with Gasteiger partial charge >= 0.3 is 0 Å². The fourth-order valence-electron chi connectivity index (χ4n) is 4.47. The molecule has 2 amide bonds. The number of hydrogen-bond acceptors (Lipinski definition) is 4. The average Bonchev–Trinajstić information content (AvgIpc) is 3.04. The molecule has 180 valence electrons. The van der Waals surface area contributed by atoms with Crippen molar-refractivity contribution in [2.45, 2.75) is 39.2 Å². The number of rotatable bonds is 7. The van der Waals surface area contributed by atoms with E-state index >= 15 is 0 Å². The van der Waals surface area contributed by atoms with Crippen molar-refractivity contribution in [1.82, 2.24) is 9.80 Å². The van der Waals surface area contributed by atoms with Gasteiger partial charge in [-0.25, -0.2) is 0 Å². The smallest absolute Gasteiger partial charge is 0.256 e. The van der Waals surface area contributed by atoms with Crippen LogP contribution in [0.2, 0.25) is 5.02 Å². The van der Waals surface area contributed by atoms with Crippen LogP contribution in [-0.4, -0.2) is 58.9 Å². The molecule has 2 saturated heterocycles. The number of likely N-dealkylation sites (tertiary alicyclic amines) is 1. The van der Waals surface area contributed by atoms with E-state index in [9.17, 15) is 9.59 Å². The Kier molecular flexibility index (Phi) is 7.86. The molecule has 1 N–H and O–H groups in total. The van der Waals surface area contributed by atoms with E-state index < -0.39 is 6.04 Å². The SMILES string of the molecule is Cc1ccc(N2C(=O)[C@@H](CC(=O)Nc3ccc(Cl)cc3)N(CCN3CCC(C)CC3)C2=S)cc1. The Hall–Kier alpha value is -2.48. The van der Waals surface area contributed by atoms with E-state index in [0.717, 1.165) is 36.8 Å². The summed E-state index contributed by atoms with van der Waals surface area (Å²) in [6.07, 6.45) is 2.40. The number of nitrogens with one attached hydrogen (secondary N) is 1. The number of benzene rings is 2. The Bertz CT molecular complexity index is 1040. The van der Waals surface area contributed by atoms with Crippen molar-refractivity contribution in [2.24, 2.45) is 5.92 Å². The van der Waals surface area contributed by atoms with Crippen LogP contribution in [0.1, 0.15) is 31.7 Å². The predicted molar refractivity (Wildman–Crippen MR) is 141 cm³/mol. The number of carbonyl (C=O) groups is 2. The van der Waals surface area contributed by atoms with E-state index in [1.165, 1.54) is 12.8 Å². The van der Waals surface area contributed by atoms with Crippen LogP contribution < -0.4 is 10.2 Å². The molecule has 0 aromatic heterocycles. The molecule has 2 heterocycles. The Balaban J connectivity index is 1.50. The molecule has 4 rings (SSSR count). The first-order valence-corrected chi connectivity index (χ1v) is 12.6. The molecular formula is C26H31ClN4O2S. The maximum Gasteiger partial charge on any atom is 0.256 e. The lowest BCUT2D eigenvalue weighted by molar-refractivity contribution is -0.124. The minimum absolute atomic E-state index is 0.0288. The molecule has 34 heavy (non-hydrogen) atoms. The molecule has 0 aliphatic carbocycles. The number of nitrogens with zero attached hydrogens (tertiary/aromatic N) is 3. The number of thiocarbonyl (C=S) groups is 1. The summed E-state index contributed by atoms with van der Waals surface area (Å²) in [5.41, 5.74) is 2.49. The lowest BCUT2D eigenvalue weighted by atomic mass is 9.99. The summed E-state index contributed by atoms with van der Waals surface area (Å²) in [5, 5.41) is 3.94. The van der Waals surface area contributed by atoms with Crippen molar-refractivity contribution in [3.8, 4) is 0 Å². The summed E-state index contributed by atoms with van der Waals surface area (Å²) in [7, 11) is 0. The fourth-order valence-corrected chi connectivity index (χ4v) is 5.01. The van der Waals surface area contributed by atoms with Gasteiger partial charge in [0.1, 0.15) is 6.04 Å². The first kappa shape index (κ1) is 24.6. The van der Waals surface area contributed by atoms with Crippen LogP contribution in [-0.2, 0) is 9.59 Å². The van der Waals surface area contributed by atoms with Crippen LogP contribution in [0.4, 0.5) is 11.4 Å². The highest BCUT2D eigenvalue weighted by Gasteiger charge is 2.44. The highest BCUT2D eigenvalue weighted by atomic mass is 35.5. The van der Waals surface area contributed by atoms with Gasteiger partial charge in [0.15, 0.2) is 5.11 Å². The van der Waals surface area contributed by atoms with E-state index in [2.05, 4.69) is 17.1 Å². The average molecular weight is 499 g/mol. The summed E-state index contributed by atoms with van der Waals surface area (Å²) in [4.78, 5) is 32.3. The van der Waals surface area contributed by atoms with Gasteiger partial charge in [0, 0.05) is 23.8 Å². The van der Waals surface area contributed by atoms with Crippen LogP contribution in [0.5, 0.6) is 0 Å². The van der Waals surface area contributed by atoms with E-state index in [4.69, 9.17) is 23.8 Å². The summed E-state index contributed by atoms with van der Waals surface area (Å²) >= 11 is 11.7. The number of amides is 2.